The molecule has 192 valence electrons. The molecule has 0 bridgehead atoms. The standard InChI is InChI=1S/C31H34N2O4/c1-5-6-20-36-25-18-16-23(17-19-25)32-29(34)26-27(21-12-14-22(15-13-21)31(2,3)4)33(37-28(26)30(32)35)24-10-8-7-9-11-24/h7-19,26-28H,5-6,20H2,1-4H3. The molecule has 0 spiro atoms. The van der Waals surface area contributed by atoms with E-state index >= 15 is 0 Å². The largest absolute Gasteiger partial charge is 0.494 e. The maximum atomic E-state index is 13.8. The molecule has 0 aliphatic carbocycles. The Morgan fingerprint density at radius 3 is 2.14 bits per heavy atom. The van der Waals surface area contributed by atoms with Crippen LogP contribution in [0.4, 0.5) is 11.4 Å². The summed E-state index contributed by atoms with van der Waals surface area (Å²) in [7, 11) is 0. The number of para-hydroxylation sites is 1. The summed E-state index contributed by atoms with van der Waals surface area (Å²) in [5, 5.41) is 1.74. The number of unbranched alkanes of at least 4 members (excludes halogenated alkanes) is 1. The van der Waals surface area contributed by atoms with Gasteiger partial charge in [0.25, 0.3) is 5.91 Å². The molecule has 3 aromatic carbocycles. The van der Waals surface area contributed by atoms with Crippen LogP contribution in [-0.2, 0) is 19.8 Å². The molecule has 6 heteroatoms. The number of imide groups is 1. The number of hydroxylamine groups is 1. The van der Waals surface area contributed by atoms with Crippen LogP contribution in [0.15, 0.2) is 78.9 Å². The number of benzene rings is 3. The Labute approximate surface area is 218 Å². The summed E-state index contributed by atoms with van der Waals surface area (Å²) < 4.78 is 5.74. The van der Waals surface area contributed by atoms with Gasteiger partial charge < -0.3 is 4.74 Å². The normalized spacial score (nSPS) is 21.5. The van der Waals surface area contributed by atoms with Crippen LogP contribution < -0.4 is 14.7 Å². The van der Waals surface area contributed by atoms with Gasteiger partial charge in [0.15, 0.2) is 6.10 Å². The summed E-state index contributed by atoms with van der Waals surface area (Å²) in [4.78, 5) is 34.9. The Morgan fingerprint density at radius 2 is 1.51 bits per heavy atom. The van der Waals surface area contributed by atoms with Crippen molar-refractivity contribution in [2.45, 2.75) is 58.1 Å². The number of hydrogen-bond acceptors (Lipinski definition) is 5. The first-order chi connectivity index (χ1) is 17.8. The number of amides is 2. The number of ether oxygens (including phenoxy) is 1. The number of hydrogen-bond donors (Lipinski definition) is 0. The summed E-state index contributed by atoms with van der Waals surface area (Å²) in [5.41, 5.74) is 3.49. The topological polar surface area (TPSA) is 59.1 Å². The Balaban J connectivity index is 1.47. The number of nitrogens with zero attached hydrogens (tertiary/aromatic N) is 2. The lowest BCUT2D eigenvalue weighted by Crippen LogP contribution is -2.37. The van der Waals surface area contributed by atoms with Gasteiger partial charge in [-0.25, -0.2) is 9.96 Å². The van der Waals surface area contributed by atoms with Crippen LogP contribution in [0.3, 0.4) is 0 Å². The van der Waals surface area contributed by atoms with Gasteiger partial charge in [-0.15, -0.1) is 0 Å². The molecule has 2 aliphatic heterocycles. The molecule has 2 fully saturated rings. The van der Waals surface area contributed by atoms with Gasteiger partial charge in [-0.1, -0.05) is 76.6 Å². The van der Waals surface area contributed by atoms with Crippen molar-refractivity contribution in [1.82, 2.24) is 0 Å². The Bertz CT molecular complexity index is 1250. The van der Waals surface area contributed by atoms with Crippen molar-refractivity contribution in [3.05, 3.63) is 90.0 Å². The average molecular weight is 499 g/mol. The van der Waals surface area contributed by atoms with E-state index in [2.05, 4.69) is 52.0 Å². The van der Waals surface area contributed by atoms with Crippen molar-refractivity contribution in [3.63, 3.8) is 0 Å². The molecule has 0 saturated carbocycles. The Morgan fingerprint density at radius 1 is 0.838 bits per heavy atom. The molecule has 3 atom stereocenters. The molecule has 2 saturated heterocycles. The first-order valence-electron chi connectivity index (χ1n) is 13.0. The van der Waals surface area contributed by atoms with E-state index in [1.54, 1.807) is 29.3 Å². The number of fused-ring (bicyclic) bond motifs is 1. The smallest absolute Gasteiger partial charge is 0.266 e. The van der Waals surface area contributed by atoms with E-state index in [-0.39, 0.29) is 17.2 Å². The van der Waals surface area contributed by atoms with Crippen LogP contribution >= 0.6 is 0 Å². The van der Waals surface area contributed by atoms with Gasteiger partial charge in [0.1, 0.15) is 11.7 Å². The molecule has 2 aliphatic rings. The lowest BCUT2D eigenvalue weighted by atomic mass is 9.84. The van der Waals surface area contributed by atoms with E-state index in [4.69, 9.17) is 9.57 Å². The van der Waals surface area contributed by atoms with E-state index in [9.17, 15) is 9.59 Å². The fourth-order valence-electron chi connectivity index (χ4n) is 5.01. The molecule has 0 radical (unpaired) electrons. The number of anilines is 2. The zero-order chi connectivity index (χ0) is 26.2. The van der Waals surface area contributed by atoms with Gasteiger partial charge in [0, 0.05) is 0 Å². The van der Waals surface area contributed by atoms with Gasteiger partial charge in [-0.3, -0.25) is 14.4 Å². The highest BCUT2D eigenvalue weighted by molar-refractivity contribution is 6.23. The summed E-state index contributed by atoms with van der Waals surface area (Å²) >= 11 is 0. The van der Waals surface area contributed by atoms with Gasteiger partial charge in [0.05, 0.1) is 24.0 Å². The average Bonchev–Trinajstić information content (AvgIpc) is 3.41. The van der Waals surface area contributed by atoms with Crippen LogP contribution in [0.5, 0.6) is 5.75 Å². The van der Waals surface area contributed by atoms with Gasteiger partial charge in [-0.05, 0) is 59.4 Å². The Kier molecular flexibility index (Phi) is 6.78. The fourth-order valence-corrected chi connectivity index (χ4v) is 5.01. The van der Waals surface area contributed by atoms with Crippen molar-refractivity contribution >= 4 is 23.2 Å². The van der Waals surface area contributed by atoms with Crippen molar-refractivity contribution in [2.75, 3.05) is 16.6 Å². The third kappa shape index (κ3) is 4.74. The van der Waals surface area contributed by atoms with Crippen molar-refractivity contribution in [1.29, 1.82) is 0 Å². The maximum absolute atomic E-state index is 13.8. The van der Waals surface area contributed by atoms with Crippen molar-refractivity contribution < 1.29 is 19.2 Å². The molecule has 5 rings (SSSR count). The quantitative estimate of drug-likeness (QED) is 0.286. The lowest BCUT2D eigenvalue weighted by Gasteiger charge is -2.29. The van der Waals surface area contributed by atoms with Gasteiger partial charge >= 0.3 is 0 Å². The van der Waals surface area contributed by atoms with Gasteiger partial charge in [-0.2, -0.15) is 0 Å². The predicted octanol–water partition coefficient (Wildman–Crippen LogP) is 6.21. The van der Waals surface area contributed by atoms with E-state index in [0.29, 0.717) is 12.3 Å². The minimum absolute atomic E-state index is 0.00865. The summed E-state index contributed by atoms with van der Waals surface area (Å²) in [5.74, 6) is -0.532. The zero-order valence-electron chi connectivity index (χ0n) is 21.9. The van der Waals surface area contributed by atoms with E-state index in [0.717, 1.165) is 29.8 Å². The minimum atomic E-state index is -0.888. The summed E-state index contributed by atoms with van der Waals surface area (Å²) in [6, 6.07) is 24.7. The first-order valence-corrected chi connectivity index (χ1v) is 13.0. The number of rotatable bonds is 7. The second-order valence-corrected chi connectivity index (χ2v) is 10.7. The third-order valence-electron chi connectivity index (χ3n) is 7.11. The lowest BCUT2D eigenvalue weighted by molar-refractivity contribution is -0.126. The minimum Gasteiger partial charge on any atom is -0.494 e. The van der Waals surface area contributed by atoms with Crippen LogP contribution in [0.2, 0.25) is 0 Å². The molecule has 0 aromatic heterocycles. The van der Waals surface area contributed by atoms with Crippen LogP contribution in [0, 0.1) is 5.92 Å². The highest BCUT2D eigenvalue weighted by Crippen LogP contribution is 2.47. The molecule has 2 amide bonds. The molecule has 2 heterocycles. The monoisotopic (exact) mass is 498 g/mol. The van der Waals surface area contributed by atoms with Crippen molar-refractivity contribution in [3.8, 4) is 5.75 Å². The second kappa shape index (κ2) is 10.0. The maximum Gasteiger partial charge on any atom is 0.266 e. The Hall–Kier alpha value is -3.64. The van der Waals surface area contributed by atoms with E-state index in [1.165, 1.54) is 10.5 Å². The fraction of sp³-hybridized carbons (Fsp3) is 0.355. The highest BCUT2D eigenvalue weighted by Gasteiger charge is 2.60. The van der Waals surface area contributed by atoms with Crippen LogP contribution in [0.25, 0.3) is 0 Å². The first kappa shape index (κ1) is 25.0. The third-order valence-corrected chi connectivity index (χ3v) is 7.11. The number of carbonyl (C=O) groups is 2. The van der Waals surface area contributed by atoms with Crippen molar-refractivity contribution in [2.24, 2.45) is 5.92 Å². The summed E-state index contributed by atoms with van der Waals surface area (Å²) in [6.07, 6.45) is 1.14. The molecule has 3 aromatic rings. The van der Waals surface area contributed by atoms with Gasteiger partial charge in [0.2, 0.25) is 5.91 Å². The van der Waals surface area contributed by atoms with Crippen LogP contribution in [0.1, 0.15) is 57.7 Å². The summed E-state index contributed by atoms with van der Waals surface area (Å²) in [6.45, 7) is 9.26. The van der Waals surface area contributed by atoms with E-state index < -0.39 is 18.1 Å². The zero-order valence-corrected chi connectivity index (χ0v) is 21.9. The molecule has 3 unspecified atom stereocenters. The molecule has 37 heavy (non-hydrogen) atoms. The molecule has 6 nitrogen and oxygen atoms in total. The number of carbonyl (C=O) groups excluding carboxylic acids is 2. The molecular weight excluding hydrogens is 464 g/mol. The highest BCUT2D eigenvalue weighted by atomic mass is 16.7. The van der Waals surface area contributed by atoms with Crippen LogP contribution in [-0.4, -0.2) is 24.5 Å². The molecule has 0 N–H and O–H groups in total. The predicted molar refractivity (Wildman–Crippen MR) is 145 cm³/mol. The second-order valence-electron chi connectivity index (χ2n) is 10.7. The van der Waals surface area contributed by atoms with E-state index in [1.807, 2.05) is 30.3 Å². The molecular formula is C31H34N2O4. The SMILES string of the molecule is CCCCOc1ccc(N2C(=O)C3ON(c4ccccc4)C(c4ccc(C(C)(C)C)cc4)C3C2=O)cc1.